The summed E-state index contributed by atoms with van der Waals surface area (Å²) < 4.78 is 5.47. The second-order valence-electron chi connectivity index (χ2n) is 11.8. The first kappa shape index (κ1) is 33.1. The van der Waals surface area contributed by atoms with Gasteiger partial charge in [0.2, 0.25) is 11.7 Å². The molecule has 2 aromatic carbocycles. The molecule has 4 aromatic rings. The average molecular weight is 646 g/mol. The van der Waals surface area contributed by atoms with Gasteiger partial charge in [-0.05, 0) is 103 Å². The molecule has 5 N–H and O–H groups in total. The van der Waals surface area contributed by atoms with Gasteiger partial charge in [0, 0.05) is 30.8 Å². The van der Waals surface area contributed by atoms with Crippen molar-refractivity contribution in [2.24, 2.45) is 23.3 Å². The van der Waals surface area contributed by atoms with E-state index in [1.54, 1.807) is 24.3 Å². The SMILES string of the molecule is Cl.NC[C@H]1CC[C@H](C(=O)N(C(=O)[C@@H](N)Cc2ccc(-c3ccnc(N4CCOCC4)c3)cc2)c2ccc(-c3nn[nH]n3)cc2)CC1. The first-order valence-electron chi connectivity index (χ1n) is 15.6. The van der Waals surface area contributed by atoms with Crippen LogP contribution in [0.15, 0.2) is 66.9 Å². The predicted molar refractivity (Wildman–Crippen MR) is 178 cm³/mol. The van der Waals surface area contributed by atoms with Crippen LogP contribution in [0.3, 0.4) is 0 Å². The maximum atomic E-state index is 13.9. The van der Waals surface area contributed by atoms with Crippen molar-refractivity contribution in [3.63, 3.8) is 0 Å². The van der Waals surface area contributed by atoms with E-state index in [9.17, 15) is 9.59 Å². The van der Waals surface area contributed by atoms with E-state index < -0.39 is 11.9 Å². The number of halogens is 1. The van der Waals surface area contributed by atoms with Crippen LogP contribution in [0, 0.1) is 11.8 Å². The number of morpholine rings is 1. The van der Waals surface area contributed by atoms with Gasteiger partial charge in [-0.25, -0.2) is 9.88 Å². The molecule has 46 heavy (non-hydrogen) atoms. The number of aromatic nitrogens is 5. The molecule has 0 radical (unpaired) electrons. The lowest BCUT2D eigenvalue weighted by molar-refractivity contribution is -0.130. The largest absolute Gasteiger partial charge is 0.378 e. The van der Waals surface area contributed by atoms with Crippen molar-refractivity contribution < 1.29 is 14.3 Å². The van der Waals surface area contributed by atoms with Crippen LogP contribution in [0.5, 0.6) is 0 Å². The molecule has 242 valence electrons. The highest BCUT2D eigenvalue weighted by Crippen LogP contribution is 2.32. The number of nitrogens with one attached hydrogen (secondary N) is 1. The number of tetrazole rings is 1. The van der Waals surface area contributed by atoms with Crippen LogP contribution < -0.4 is 21.3 Å². The fraction of sp³-hybridized carbons (Fsp3) is 0.394. The minimum absolute atomic E-state index is 0. The second kappa shape index (κ2) is 15.4. The van der Waals surface area contributed by atoms with Gasteiger partial charge in [-0.1, -0.05) is 24.3 Å². The first-order valence-corrected chi connectivity index (χ1v) is 15.6. The maximum absolute atomic E-state index is 13.9. The molecule has 2 aliphatic rings. The molecule has 1 saturated heterocycles. The summed E-state index contributed by atoms with van der Waals surface area (Å²) in [6.45, 7) is 3.64. The summed E-state index contributed by atoms with van der Waals surface area (Å²) in [6, 6.07) is 18.2. The summed E-state index contributed by atoms with van der Waals surface area (Å²) in [6.07, 6.45) is 5.25. The molecule has 3 heterocycles. The van der Waals surface area contributed by atoms with E-state index in [1.165, 1.54) is 4.90 Å². The minimum atomic E-state index is -0.911. The first-order chi connectivity index (χ1) is 22.0. The number of benzene rings is 2. The van der Waals surface area contributed by atoms with E-state index in [-0.39, 0.29) is 24.2 Å². The van der Waals surface area contributed by atoms with Gasteiger partial charge in [0.1, 0.15) is 5.82 Å². The van der Waals surface area contributed by atoms with E-state index in [0.717, 1.165) is 48.4 Å². The van der Waals surface area contributed by atoms with Crippen LogP contribution in [0.1, 0.15) is 31.2 Å². The summed E-state index contributed by atoms with van der Waals surface area (Å²) in [5.74, 6) is 0.858. The number of carbonyl (C=O) groups excluding carboxylic acids is 2. The van der Waals surface area contributed by atoms with Crippen molar-refractivity contribution >= 4 is 35.7 Å². The van der Waals surface area contributed by atoms with Crippen LogP contribution in [-0.2, 0) is 20.7 Å². The summed E-state index contributed by atoms with van der Waals surface area (Å²) in [5, 5.41) is 14.1. The Morgan fingerprint density at radius 1 is 0.957 bits per heavy atom. The third-order valence-electron chi connectivity index (χ3n) is 8.84. The maximum Gasteiger partial charge on any atom is 0.251 e. The molecular formula is C33H40ClN9O3. The topological polar surface area (TPSA) is 169 Å². The van der Waals surface area contributed by atoms with Crippen molar-refractivity contribution in [3.05, 3.63) is 72.4 Å². The zero-order chi connectivity index (χ0) is 31.2. The molecule has 1 saturated carbocycles. The third kappa shape index (κ3) is 7.59. The number of aromatic amines is 1. The quantitative estimate of drug-likeness (QED) is 0.245. The fourth-order valence-electron chi connectivity index (χ4n) is 6.14. The zero-order valence-corrected chi connectivity index (χ0v) is 26.4. The predicted octanol–water partition coefficient (Wildman–Crippen LogP) is 3.38. The molecule has 13 heteroatoms. The van der Waals surface area contributed by atoms with Crippen LogP contribution in [-0.4, -0.2) is 76.3 Å². The van der Waals surface area contributed by atoms with Crippen molar-refractivity contribution in [1.29, 1.82) is 0 Å². The summed E-state index contributed by atoms with van der Waals surface area (Å²) in [4.78, 5) is 35.9. The number of hydrogen-bond acceptors (Lipinski definition) is 10. The zero-order valence-electron chi connectivity index (χ0n) is 25.6. The smallest absolute Gasteiger partial charge is 0.251 e. The third-order valence-corrected chi connectivity index (χ3v) is 8.84. The van der Waals surface area contributed by atoms with Crippen LogP contribution in [0.25, 0.3) is 22.5 Å². The van der Waals surface area contributed by atoms with Gasteiger partial charge in [0.25, 0.3) is 5.91 Å². The number of nitrogens with two attached hydrogens (primary N) is 2. The summed E-state index contributed by atoms with van der Waals surface area (Å²) >= 11 is 0. The van der Waals surface area contributed by atoms with Crippen molar-refractivity contribution in [2.45, 2.75) is 38.1 Å². The summed E-state index contributed by atoms with van der Waals surface area (Å²) in [7, 11) is 0. The van der Waals surface area contributed by atoms with Gasteiger partial charge in [0.05, 0.1) is 24.9 Å². The van der Waals surface area contributed by atoms with E-state index in [1.807, 2.05) is 36.5 Å². The minimum Gasteiger partial charge on any atom is -0.378 e. The number of ether oxygens (including phenoxy) is 1. The molecule has 1 atom stereocenters. The lowest BCUT2D eigenvalue weighted by Crippen LogP contribution is -2.50. The molecule has 1 aliphatic carbocycles. The van der Waals surface area contributed by atoms with Crippen molar-refractivity contribution in [1.82, 2.24) is 25.6 Å². The molecular weight excluding hydrogens is 606 g/mol. The van der Waals surface area contributed by atoms with Crippen LogP contribution in [0.4, 0.5) is 11.5 Å². The van der Waals surface area contributed by atoms with E-state index in [2.05, 4.69) is 36.6 Å². The highest BCUT2D eigenvalue weighted by Gasteiger charge is 2.35. The monoisotopic (exact) mass is 645 g/mol. The molecule has 1 aliphatic heterocycles. The highest BCUT2D eigenvalue weighted by atomic mass is 35.5. The lowest BCUT2D eigenvalue weighted by Gasteiger charge is -2.32. The van der Waals surface area contributed by atoms with Gasteiger partial charge >= 0.3 is 0 Å². The number of hydrogen-bond donors (Lipinski definition) is 3. The average Bonchev–Trinajstić information content (AvgIpc) is 3.65. The molecule has 2 amide bonds. The number of amides is 2. The number of pyridine rings is 1. The normalized spacial score (nSPS) is 18.8. The number of imide groups is 1. The van der Waals surface area contributed by atoms with Crippen molar-refractivity contribution in [3.8, 4) is 22.5 Å². The molecule has 2 aromatic heterocycles. The second-order valence-corrected chi connectivity index (χ2v) is 11.8. The molecule has 0 bridgehead atoms. The standard InChI is InChI=1S/C33H39N9O3.ClH/c34-21-23-3-7-26(8-4-23)32(43)42(28-11-9-25(10-12-28)31-37-39-40-38-31)33(44)29(35)19-22-1-5-24(6-2-22)27-13-14-36-30(20-27)41-15-17-45-18-16-41;/h1-2,5-6,9-14,20,23,26,29H,3-4,7-8,15-19,21,34-35H2,(H,37,38,39,40);1H/t23-,26-,29-;/m0./s1. The van der Waals surface area contributed by atoms with Crippen LogP contribution in [0.2, 0.25) is 0 Å². The Morgan fingerprint density at radius 2 is 1.65 bits per heavy atom. The van der Waals surface area contributed by atoms with E-state index in [0.29, 0.717) is 62.0 Å². The van der Waals surface area contributed by atoms with Crippen molar-refractivity contribution in [2.75, 3.05) is 42.6 Å². The van der Waals surface area contributed by atoms with Gasteiger partial charge < -0.3 is 21.1 Å². The molecule has 0 spiro atoms. The van der Waals surface area contributed by atoms with Gasteiger partial charge in [-0.15, -0.1) is 22.6 Å². The van der Waals surface area contributed by atoms with Gasteiger partial charge in [-0.3, -0.25) is 9.59 Å². The van der Waals surface area contributed by atoms with Gasteiger partial charge in [0.15, 0.2) is 0 Å². The Bertz CT molecular complexity index is 1570. The van der Waals surface area contributed by atoms with Gasteiger partial charge in [-0.2, -0.15) is 5.21 Å². The number of carbonyl (C=O) groups is 2. The fourth-order valence-corrected chi connectivity index (χ4v) is 6.14. The molecule has 0 unspecified atom stereocenters. The molecule has 2 fully saturated rings. The highest BCUT2D eigenvalue weighted by molar-refractivity contribution is 6.17. The number of nitrogens with zero attached hydrogens (tertiary/aromatic N) is 6. The number of rotatable bonds is 9. The molecule has 12 nitrogen and oxygen atoms in total. The summed E-state index contributed by atoms with van der Waals surface area (Å²) in [5.41, 5.74) is 16.6. The number of H-pyrrole nitrogens is 1. The Balaban J connectivity index is 0.00000417. The Hall–Kier alpha value is -4.23. The van der Waals surface area contributed by atoms with E-state index in [4.69, 9.17) is 16.2 Å². The number of anilines is 2. The molecule has 6 rings (SSSR count). The Morgan fingerprint density at radius 3 is 2.30 bits per heavy atom. The van der Waals surface area contributed by atoms with Crippen LogP contribution >= 0.6 is 12.4 Å². The Kier molecular flexibility index (Phi) is 11.1. The van der Waals surface area contributed by atoms with E-state index >= 15 is 0 Å². The Labute approximate surface area is 274 Å². The lowest BCUT2D eigenvalue weighted by atomic mass is 9.81.